The maximum Gasteiger partial charge on any atom is 0.360 e. The highest BCUT2D eigenvalue weighted by molar-refractivity contribution is 7.58. The van der Waals surface area contributed by atoms with E-state index in [4.69, 9.17) is 13.8 Å². The Hall–Kier alpha value is -2.48. The van der Waals surface area contributed by atoms with Crippen LogP contribution >= 0.6 is 7.60 Å². The Morgan fingerprint density at radius 2 is 1.94 bits per heavy atom. The number of nitro benzene ring substituents is 1. The lowest BCUT2D eigenvalue weighted by atomic mass is 9.86. The smallest absolute Gasteiger partial charge is 0.360 e. The number of hydrogen-bond acceptors (Lipinski definition) is 8. The molecule has 1 N–H and O–H groups in total. The van der Waals surface area contributed by atoms with Crippen molar-refractivity contribution >= 4 is 19.3 Å². The first kappa shape index (κ1) is 23.2. The Balaban J connectivity index is 2.19. The van der Waals surface area contributed by atoms with Crippen molar-refractivity contribution in [2.45, 2.75) is 40.5 Å². The fourth-order valence-electron chi connectivity index (χ4n) is 3.71. The second-order valence-electron chi connectivity index (χ2n) is 8.39. The van der Waals surface area contributed by atoms with Gasteiger partial charge >= 0.3 is 13.6 Å². The minimum absolute atomic E-state index is 0.140. The summed E-state index contributed by atoms with van der Waals surface area (Å²) in [7, 11) is -3.80. The summed E-state index contributed by atoms with van der Waals surface area (Å²) in [5.41, 5.74) is 1.22. The van der Waals surface area contributed by atoms with E-state index in [1.165, 1.54) is 18.2 Å². The highest BCUT2D eigenvalue weighted by Gasteiger charge is 2.48. The molecule has 2 aliphatic rings. The summed E-state index contributed by atoms with van der Waals surface area (Å²) in [6.07, 6.45) is 0. The summed E-state index contributed by atoms with van der Waals surface area (Å²) in [6.45, 7) is 9.54. The molecule has 31 heavy (non-hydrogen) atoms. The molecule has 1 atom stereocenters. The van der Waals surface area contributed by atoms with E-state index in [1.54, 1.807) is 26.8 Å². The Morgan fingerprint density at radius 1 is 1.29 bits per heavy atom. The average Bonchev–Trinajstić information content (AvgIpc) is 2.70. The van der Waals surface area contributed by atoms with Gasteiger partial charge < -0.3 is 19.1 Å². The predicted octanol–water partition coefficient (Wildman–Crippen LogP) is 4.62. The molecule has 3 rings (SSSR count). The molecule has 0 saturated carbocycles. The average molecular weight is 450 g/mol. The van der Waals surface area contributed by atoms with Crippen LogP contribution in [0.3, 0.4) is 0 Å². The maximum absolute atomic E-state index is 13.9. The van der Waals surface area contributed by atoms with Gasteiger partial charge in [-0.1, -0.05) is 26.0 Å². The molecule has 10 heteroatoms. The Kier molecular flexibility index (Phi) is 6.41. The van der Waals surface area contributed by atoms with Crippen molar-refractivity contribution in [2.24, 2.45) is 5.41 Å². The highest BCUT2D eigenvalue weighted by Crippen LogP contribution is 2.66. The lowest BCUT2D eigenvalue weighted by molar-refractivity contribution is -0.384. The van der Waals surface area contributed by atoms with Crippen LogP contribution in [0.4, 0.5) is 5.69 Å². The summed E-state index contributed by atoms with van der Waals surface area (Å²) in [4.78, 5) is 23.8. The van der Waals surface area contributed by atoms with Crippen LogP contribution in [0, 0.1) is 15.5 Å². The topological polar surface area (TPSA) is 117 Å². The van der Waals surface area contributed by atoms with E-state index in [1.807, 2.05) is 13.8 Å². The lowest BCUT2D eigenvalue weighted by Crippen LogP contribution is -2.34. The number of dihydropyridines is 1. The first-order valence-corrected chi connectivity index (χ1v) is 11.5. The van der Waals surface area contributed by atoms with Crippen LogP contribution in [0.15, 0.2) is 46.5 Å². The van der Waals surface area contributed by atoms with E-state index < -0.39 is 24.4 Å². The molecule has 2 aliphatic heterocycles. The van der Waals surface area contributed by atoms with Gasteiger partial charge in [-0.2, -0.15) is 0 Å². The molecule has 0 amide bonds. The van der Waals surface area contributed by atoms with Crippen molar-refractivity contribution in [1.29, 1.82) is 0 Å². The molecule has 1 fully saturated rings. The second kappa shape index (κ2) is 8.57. The number of esters is 1. The highest BCUT2D eigenvalue weighted by atomic mass is 31.2. The molecule has 2 heterocycles. The van der Waals surface area contributed by atoms with Crippen LogP contribution < -0.4 is 5.32 Å². The Morgan fingerprint density at radius 3 is 2.52 bits per heavy atom. The Labute approximate surface area is 181 Å². The van der Waals surface area contributed by atoms with Crippen molar-refractivity contribution in [3.8, 4) is 0 Å². The summed E-state index contributed by atoms with van der Waals surface area (Å²) in [5, 5.41) is 14.7. The quantitative estimate of drug-likeness (QED) is 0.299. The van der Waals surface area contributed by atoms with Crippen LogP contribution in [0.25, 0.3) is 0 Å². The maximum atomic E-state index is 13.9. The van der Waals surface area contributed by atoms with Crippen LogP contribution in [0.1, 0.15) is 46.1 Å². The van der Waals surface area contributed by atoms with E-state index in [0.29, 0.717) is 17.0 Å². The molecular weight excluding hydrogens is 423 g/mol. The van der Waals surface area contributed by atoms with Gasteiger partial charge in [0.25, 0.3) is 5.69 Å². The third-order valence-electron chi connectivity index (χ3n) is 5.18. The molecule has 0 aliphatic carbocycles. The molecule has 0 spiro atoms. The molecule has 1 unspecified atom stereocenters. The molecule has 0 bridgehead atoms. The zero-order valence-corrected chi connectivity index (χ0v) is 19.2. The first-order chi connectivity index (χ1) is 14.5. The van der Waals surface area contributed by atoms with Crippen molar-refractivity contribution in [2.75, 3.05) is 19.8 Å². The van der Waals surface area contributed by atoms with E-state index >= 15 is 0 Å². The van der Waals surface area contributed by atoms with Gasteiger partial charge in [-0.15, -0.1) is 0 Å². The first-order valence-electron chi connectivity index (χ1n) is 9.99. The third kappa shape index (κ3) is 4.59. The standard InChI is InChI=1S/C21H27N2O7P/c1-6-28-20(24)17-13(2)22-14(3)19(31(27)29-11-21(4,5)12-30-31)18(17)15-8-7-9-16(10-15)23(25)26/h7-10,18,22H,6,11-12H2,1-5H3. The van der Waals surface area contributed by atoms with Gasteiger partial charge in [0.05, 0.1) is 41.5 Å². The van der Waals surface area contributed by atoms with E-state index in [2.05, 4.69) is 5.32 Å². The third-order valence-corrected chi connectivity index (χ3v) is 7.30. The fourth-order valence-corrected chi connectivity index (χ4v) is 6.16. The summed E-state index contributed by atoms with van der Waals surface area (Å²) >= 11 is 0. The van der Waals surface area contributed by atoms with Gasteiger partial charge in [0.1, 0.15) is 0 Å². The molecule has 0 aromatic heterocycles. The number of allylic oxidation sites excluding steroid dienone is 3. The van der Waals surface area contributed by atoms with Gasteiger partial charge in [-0.05, 0) is 26.3 Å². The van der Waals surface area contributed by atoms with Crippen LogP contribution in [0.5, 0.6) is 0 Å². The van der Waals surface area contributed by atoms with Crippen LogP contribution in [-0.2, 0) is 23.1 Å². The van der Waals surface area contributed by atoms with E-state index in [0.717, 1.165) is 0 Å². The van der Waals surface area contributed by atoms with Crippen molar-refractivity contribution in [3.05, 3.63) is 62.2 Å². The SMILES string of the molecule is CCOC(=O)C1=C(C)NC(C)=C(P2(=O)OCC(C)(C)CO2)C1c1cccc([N+](=O)[O-])c1. The van der Waals surface area contributed by atoms with Gasteiger partial charge in [-0.3, -0.25) is 14.7 Å². The zero-order valence-electron chi connectivity index (χ0n) is 18.3. The number of non-ortho nitro benzene ring substituents is 1. The number of nitro groups is 1. The van der Waals surface area contributed by atoms with Crippen molar-refractivity contribution in [3.63, 3.8) is 0 Å². The number of carbonyl (C=O) groups excluding carboxylic acids is 1. The second-order valence-corrected chi connectivity index (χ2v) is 10.4. The van der Waals surface area contributed by atoms with E-state index in [9.17, 15) is 19.5 Å². The van der Waals surface area contributed by atoms with Gasteiger partial charge in [0.2, 0.25) is 0 Å². The minimum atomic E-state index is -3.80. The molecule has 0 radical (unpaired) electrons. The lowest BCUT2D eigenvalue weighted by Gasteiger charge is -2.39. The number of ether oxygens (including phenoxy) is 1. The molecule has 1 saturated heterocycles. The number of carbonyl (C=O) groups is 1. The van der Waals surface area contributed by atoms with Crippen molar-refractivity contribution in [1.82, 2.24) is 5.32 Å². The fraction of sp³-hybridized carbons (Fsp3) is 0.476. The normalized spacial score (nSPS) is 22.7. The number of nitrogens with zero attached hydrogens (tertiary/aromatic N) is 1. The monoisotopic (exact) mass is 450 g/mol. The van der Waals surface area contributed by atoms with Gasteiger partial charge in [-0.25, -0.2) is 4.79 Å². The van der Waals surface area contributed by atoms with E-state index in [-0.39, 0.29) is 41.8 Å². The predicted molar refractivity (Wildman–Crippen MR) is 114 cm³/mol. The minimum Gasteiger partial charge on any atom is -0.463 e. The zero-order chi connectivity index (χ0) is 23.0. The largest absolute Gasteiger partial charge is 0.463 e. The summed E-state index contributed by atoms with van der Waals surface area (Å²) in [5.74, 6) is -1.48. The number of rotatable bonds is 5. The number of nitrogens with one attached hydrogen (secondary N) is 1. The summed E-state index contributed by atoms with van der Waals surface area (Å²) in [6, 6.07) is 5.92. The molecule has 1 aromatic carbocycles. The van der Waals surface area contributed by atoms with Crippen molar-refractivity contribution < 1.29 is 28.1 Å². The number of hydrogen-bond donors (Lipinski definition) is 1. The molecule has 168 valence electrons. The molecule has 9 nitrogen and oxygen atoms in total. The number of benzene rings is 1. The van der Waals surface area contributed by atoms with Crippen LogP contribution in [-0.4, -0.2) is 30.7 Å². The van der Waals surface area contributed by atoms with Gasteiger partial charge in [0, 0.05) is 28.9 Å². The van der Waals surface area contributed by atoms with Gasteiger partial charge in [0.15, 0.2) is 0 Å². The summed E-state index contributed by atoms with van der Waals surface area (Å²) < 4.78 is 30.7. The molecule has 1 aromatic rings. The molecular formula is C21H27N2O7P. The Bertz CT molecular complexity index is 1010. The van der Waals surface area contributed by atoms with Crippen LogP contribution in [0.2, 0.25) is 0 Å².